The van der Waals surface area contributed by atoms with Crippen molar-refractivity contribution in [1.29, 1.82) is 0 Å². The van der Waals surface area contributed by atoms with Gasteiger partial charge < -0.3 is 18.9 Å². The molecule has 7 heteroatoms. The van der Waals surface area contributed by atoms with Crippen LogP contribution in [0.3, 0.4) is 0 Å². The third-order valence-corrected chi connectivity index (χ3v) is 8.27. The summed E-state index contributed by atoms with van der Waals surface area (Å²) in [5.41, 5.74) is 1.72. The molecule has 188 valence electrons. The first-order valence-corrected chi connectivity index (χ1v) is 12.4. The number of hydrogen-bond acceptors (Lipinski definition) is 5. The van der Waals surface area contributed by atoms with Crippen molar-refractivity contribution in [1.82, 2.24) is 9.47 Å². The molecule has 0 bridgehead atoms. The van der Waals surface area contributed by atoms with Gasteiger partial charge in [0.15, 0.2) is 0 Å². The molecule has 0 saturated heterocycles. The summed E-state index contributed by atoms with van der Waals surface area (Å²) in [6.07, 6.45) is 1.97. The molecular weight excluding hydrogens is 444 g/mol. The second-order valence-corrected chi connectivity index (χ2v) is 10.7. The number of carbonyl (C=O) groups excluding carboxylic acids is 2. The molecule has 0 N–H and O–H groups in total. The molecule has 1 aliphatic carbocycles. The second-order valence-electron chi connectivity index (χ2n) is 10.7. The van der Waals surface area contributed by atoms with E-state index < -0.39 is 5.97 Å². The van der Waals surface area contributed by atoms with Crippen LogP contribution in [0.15, 0.2) is 41.2 Å². The molecule has 0 atom stereocenters. The lowest BCUT2D eigenvalue weighted by atomic mass is 10.0. The fourth-order valence-corrected chi connectivity index (χ4v) is 5.51. The van der Waals surface area contributed by atoms with Gasteiger partial charge in [-0.15, -0.1) is 0 Å². The molecule has 7 nitrogen and oxygen atoms in total. The molecule has 0 radical (unpaired) electrons. The molecule has 1 amide bonds. The zero-order chi connectivity index (χ0) is 25.4. The van der Waals surface area contributed by atoms with Crippen molar-refractivity contribution in [2.45, 2.75) is 53.5 Å². The summed E-state index contributed by atoms with van der Waals surface area (Å²) in [5.74, 6) is -0.198. The molecule has 0 spiro atoms. The fraction of sp³-hybridized carbons (Fsp3) is 0.536. The number of esters is 1. The van der Waals surface area contributed by atoms with Crippen LogP contribution in [-0.2, 0) is 28.9 Å². The maximum Gasteiger partial charge on any atom is 0.343 e. The van der Waals surface area contributed by atoms with Crippen molar-refractivity contribution in [3.63, 3.8) is 0 Å². The van der Waals surface area contributed by atoms with Crippen molar-refractivity contribution in [2.24, 2.45) is 16.7 Å². The van der Waals surface area contributed by atoms with E-state index in [1.807, 2.05) is 23.1 Å². The third-order valence-electron chi connectivity index (χ3n) is 8.27. The Morgan fingerprint density at radius 1 is 1.03 bits per heavy atom. The van der Waals surface area contributed by atoms with Gasteiger partial charge in [-0.1, -0.05) is 58.0 Å². The Bertz CT molecular complexity index is 1150. The number of amides is 1. The van der Waals surface area contributed by atoms with Crippen molar-refractivity contribution >= 4 is 11.9 Å². The maximum atomic E-state index is 13.3. The Kier molecular flexibility index (Phi) is 6.80. The molecule has 35 heavy (non-hydrogen) atoms. The van der Waals surface area contributed by atoms with Gasteiger partial charge in [0.1, 0.15) is 11.3 Å². The van der Waals surface area contributed by atoms with Crippen LogP contribution in [-0.4, -0.2) is 48.1 Å². The second kappa shape index (κ2) is 9.51. The van der Waals surface area contributed by atoms with E-state index in [1.54, 1.807) is 4.57 Å². The van der Waals surface area contributed by atoms with E-state index in [4.69, 9.17) is 9.47 Å². The van der Waals surface area contributed by atoms with Crippen molar-refractivity contribution in [2.75, 3.05) is 26.8 Å². The number of ether oxygens (including phenoxy) is 2. The minimum absolute atomic E-state index is 0.0449. The quantitative estimate of drug-likeness (QED) is 0.446. The zero-order valence-electron chi connectivity index (χ0n) is 21.4. The normalized spacial score (nSPS) is 18.4. The van der Waals surface area contributed by atoms with E-state index in [1.165, 1.54) is 18.7 Å². The summed E-state index contributed by atoms with van der Waals surface area (Å²) in [7, 11) is 1.33. The summed E-state index contributed by atoms with van der Waals surface area (Å²) in [6.45, 7) is 10.1. The fourth-order valence-electron chi connectivity index (χ4n) is 5.51. The van der Waals surface area contributed by atoms with Gasteiger partial charge in [0.2, 0.25) is 5.91 Å². The molecule has 2 heterocycles. The predicted octanol–water partition coefficient (Wildman–Crippen LogP) is 3.71. The highest BCUT2D eigenvalue weighted by Crippen LogP contribution is 2.68. The van der Waals surface area contributed by atoms with Gasteiger partial charge in [0, 0.05) is 43.7 Å². The molecule has 2 aliphatic rings. The van der Waals surface area contributed by atoms with E-state index in [0.717, 1.165) is 12.8 Å². The van der Waals surface area contributed by atoms with E-state index in [2.05, 4.69) is 39.8 Å². The maximum absolute atomic E-state index is 13.3. The molecule has 1 fully saturated rings. The van der Waals surface area contributed by atoms with Crippen molar-refractivity contribution in [3.8, 4) is 5.75 Å². The summed E-state index contributed by atoms with van der Waals surface area (Å²) in [4.78, 5) is 41.0. The summed E-state index contributed by atoms with van der Waals surface area (Å²) in [6, 6.07) is 11.5. The van der Waals surface area contributed by atoms with Crippen LogP contribution in [0.4, 0.5) is 0 Å². The number of nitrogens with zero attached hydrogens (tertiary/aromatic N) is 2. The van der Waals surface area contributed by atoms with Gasteiger partial charge in [-0.3, -0.25) is 9.59 Å². The van der Waals surface area contributed by atoms with Crippen LogP contribution in [0.2, 0.25) is 0 Å². The van der Waals surface area contributed by atoms with E-state index >= 15 is 0 Å². The monoisotopic (exact) mass is 480 g/mol. The van der Waals surface area contributed by atoms with Crippen LogP contribution in [0, 0.1) is 16.7 Å². The number of rotatable bonds is 7. The molecule has 0 unspecified atom stereocenters. The molecule has 1 aromatic carbocycles. The number of aromatic nitrogens is 1. The lowest BCUT2D eigenvalue weighted by Crippen LogP contribution is -2.36. The molecule has 1 aliphatic heterocycles. The van der Waals surface area contributed by atoms with E-state index in [9.17, 15) is 14.4 Å². The highest BCUT2D eigenvalue weighted by atomic mass is 16.5. The topological polar surface area (TPSA) is 77.8 Å². The largest absolute Gasteiger partial charge is 0.492 e. The Balaban J connectivity index is 1.53. The van der Waals surface area contributed by atoms with Crippen LogP contribution in [0.1, 0.15) is 55.7 Å². The van der Waals surface area contributed by atoms with Crippen LogP contribution in [0.5, 0.6) is 5.75 Å². The van der Waals surface area contributed by atoms with Crippen LogP contribution in [0.25, 0.3) is 0 Å². The van der Waals surface area contributed by atoms with Crippen LogP contribution >= 0.6 is 0 Å². The average Bonchev–Trinajstić information content (AvgIpc) is 3.35. The van der Waals surface area contributed by atoms with E-state index in [-0.39, 0.29) is 39.5 Å². The molecular formula is C28H36N2O5. The standard InChI is InChI=1S/C28H36N2O5/c1-27(2)24(28(27,3)4)25(32)29-14-13-20-23(26(33)34-5)21(18-22(31)30(20)16-15-29)35-17-9-12-19-10-7-6-8-11-19/h6-8,10-11,18,24H,9,12-17H2,1-5H3. The Hall–Kier alpha value is -3.09. The van der Waals surface area contributed by atoms with Gasteiger partial charge in [-0.05, 0) is 29.2 Å². The first-order chi connectivity index (χ1) is 16.6. The number of carbonyl (C=O) groups is 2. The van der Waals surface area contributed by atoms with E-state index in [0.29, 0.717) is 38.4 Å². The number of aryl methyl sites for hydroxylation is 1. The lowest BCUT2D eigenvalue weighted by Gasteiger charge is -2.21. The first-order valence-electron chi connectivity index (χ1n) is 12.4. The van der Waals surface area contributed by atoms with Crippen molar-refractivity contribution in [3.05, 3.63) is 63.6 Å². The Morgan fingerprint density at radius 2 is 1.71 bits per heavy atom. The molecule has 4 rings (SSSR count). The molecule has 1 aromatic heterocycles. The molecule has 1 saturated carbocycles. The van der Waals surface area contributed by atoms with Gasteiger partial charge in [-0.25, -0.2) is 4.79 Å². The van der Waals surface area contributed by atoms with Gasteiger partial charge in [0.25, 0.3) is 5.56 Å². The Morgan fingerprint density at radius 3 is 2.34 bits per heavy atom. The number of hydrogen-bond donors (Lipinski definition) is 0. The summed E-state index contributed by atoms with van der Waals surface area (Å²) >= 11 is 0. The number of benzene rings is 1. The summed E-state index contributed by atoms with van der Waals surface area (Å²) < 4.78 is 12.6. The highest BCUT2D eigenvalue weighted by molar-refractivity contribution is 5.93. The average molecular weight is 481 g/mol. The minimum atomic E-state index is -0.531. The number of methoxy groups -OCH3 is 1. The number of fused-ring (bicyclic) bond motifs is 1. The molecule has 2 aromatic rings. The summed E-state index contributed by atoms with van der Waals surface area (Å²) in [5, 5.41) is 0. The first kappa shape index (κ1) is 25.0. The van der Waals surface area contributed by atoms with Crippen molar-refractivity contribution < 1.29 is 19.1 Å². The van der Waals surface area contributed by atoms with Gasteiger partial charge in [-0.2, -0.15) is 0 Å². The zero-order valence-corrected chi connectivity index (χ0v) is 21.4. The number of pyridine rings is 1. The SMILES string of the molecule is COC(=O)c1c(OCCCc2ccccc2)cc(=O)n2c1CCN(C(=O)C1C(C)(C)C1(C)C)CC2. The van der Waals surface area contributed by atoms with Gasteiger partial charge >= 0.3 is 5.97 Å². The third kappa shape index (κ3) is 4.60. The minimum Gasteiger partial charge on any atom is -0.492 e. The predicted molar refractivity (Wildman–Crippen MR) is 134 cm³/mol. The van der Waals surface area contributed by atoms with Crippen LogP contribution < -0.4 is 10.3 Å². The Labute approximate surface area is 207 Å². The van der Waals surface area contributed by atoms with Gasteiger partial charge in [0.05, 0.1) is 13.7 Å². The smallest absolute Gasteiger partial charge is 0.343 e. The lowest BCUT2D eigenvalue weighted by molar-refractivity contribution is -0.133. The highest BCUT2D eigenvalue weighted by Gasteiger charge is 2.68.